The molecule has 8 fully saturated rings. The number of aliphatic hydroxyl groups is 13. The van der Waals surface area contributed by atoms with Crippen molar-refractivity contribution >= 4 is 24.2 Å². The van der Waals surface area contributed by atoms with Gasteiger partial charge in [-0.05, 0) is 84.9 Å². The number of hydrogen-bond acceptors (Lipinski definition) is 27. The lowest BCUT2D eigenvalue weighted by Crippen LogP contribution is -2.72. The van der Waals surface area contributed by atoms with E-state index in [4.69, 9.17) is 47.4 Å². The molecule has 4 heterocycles. The van der Waals surface area contributed by atoms with E-state index in [1.807, 2.05) is 27.7 Å². The molecule has 14 N–H and O–H groups in total. The van der Waals surface area contributed by atoms with Gasteiger partial charge in [-0.2, -0.15) is 0 Å². The van der Waals surface area contributed by atoms with Crippen molar-refractivity contribution in [2.45, 2.75) is 255 Å². The second kappa shape index (κ2) is 25.7. The summed E-state index contributed by atoms with van der Waals surface area (Å²) >= 11 is 0. The van der Waals surface area contributed by atoms with Crippen LogP contribution in [0, 0.1) is 56.2 Å². The number of carboxylic acids is 1. The summed E-state index contributed by atoms with van der Waals surface area (Å²) < 4.78 is 59.7. The summed E-state index contributed by atoms with van der Waals surface area (Å²) in [7, 11) is 0. The lowest BCUT2D eigenvalue weighted by molar-refractivity contribution is -0.400. The number of rotatable bonds is 17. The molecule has 9 aliphatic rings. The number of carbonyl (C=O) groups is 4. The summed E-state index contributed by atoms with van der Waals surface area (Å²) in [6.07, 6.45) is -37.1. The minimum absolute atomic E-state index is 0.0285. The second-order valence-electron chi connectivity index (χ2n) is 28.5. The van der Waals surface area contributed by atoms with Crippen molar-refractivity contribution in [1.29, 1.82) is 0 Å². The number of aldehydes is 1. The topological polar surface area (TPSA) is 444 Å². The molecule has 31 atom stereocenters. The van der Waals surface area contributed by atoms with Crippen molar-refractivity contribution in [3.8, 4) is 0 Å². The van der Waals surface area contributed by atoms with Crippen LogP contribution in [-0.4, -0.2) is 263 Å². The fraction of sp³-hybridized carbons (Fsp3) is 0.900. The minimum Gasteiger partial charge on any atom is -0.479 e. The number of carboxylic acid groups (broad SMARTS) is 1. The maximum absolute atomic E-state index is 14.2. The van der Waals surface area contributed by atoms with Crippen molar-refractivity contribution < 1.29 is 138 Å². The molecule has 3 unspecified atom stereocenters. The molecule has 88 heavy (non-hydrogen) atoms. The monoisotopic (exact) mass is 1260 g/mol. The van der Waals surface area contributed by atoms with Crippen LogP contribution in [0.3, 0.4) is 0 Å². The first-order chi connectivity index (χ1) is 41.1. The Labute approximate surface area is 509 Å². The van der Waals surface area contributed by atoms with E-state index >= 15 is 0 Å². The Morgan fingerprint density at radius 1 is 0.682 bits per heavy atom. The quantitative estimate of drug-likeness (QED) is 0.0308. The molecule has 502 valence electrons. The van der Waals surface area contributed by atoms with Gasteiger partial charge < -0.3 is 124 Å². The van der Waals surface area contributed by atoms with Gasteiger partial charge in [-0.25, -0.2) is 4.79 Å². The fourth-order valence-electron chi connectivity index (χ4n) is 17.4. The first-order valence-electron chi connectivity index (χ1n) is 30.7. The standard InChI is InChI=1S/C60H94O28/c1-24(2)16-35(67)84-49-48(76)60(23-80-25(3)64)27(17-55(49,4)5)26-10-11-32-56(6)14-13-34(57(7,22-63)31(56)12-15-58(32,8)59(26,9)18-33(60)66)83-54-47(88-52-41(73)39(71)37(69)29(19-61)81-52)45(42(74)46(87-54)50(77)78)86-53-43(75)44(38(70)30(20-62)82-53)85-51-40(72)36(68)28(65)21-79-51/h10,22,24,27-34,36-49,51-54,61-62,65-66,68-76H,11-21,23H2,1-9H3,(H,77,78)/t27?,28-,29+,30+,31?,32?,33+,34-,36-,37-,38-,39-,40+,41+,42-,43+,44-,45-,46-,47+,48-,49-,51-,52-,53-,54+,56-,57-,58+,59+,60-/m0/s1. The van der Waals surface area contributed by atoms with Crippen LogP contribution >= 0.6 is 0 Å². The summed E-state index contributed by atoms with van der Waals surface area (Å²) in [6, 6.07) is 0. The van der Waals surface area contributed by atoms with Gasteiger partial charge in [0.15, 0.2) is 31.3 Å². The van der Waals surface area contributed by atoms with Crippen molar-refractivity contribution in [3.05, 3.63) is 11.6 Å². The summed E-state index contributed by atoms with van der Waals surface area (Å²) in [5.74, 6) is -4.13. The Bertz CT molecular complexity index is 2540. The first kappa shape index (κ1) is 69.3. The molecule has 9 rings (SSSR count). The predicted octanol–water partition coefficient (Wildman–Crippen LogP) is -2.57. The normalized spacial score (nSPS) is 50.9. The van der Waals surface area contributed by atoms with Crippen LogP contribution in [0.2, 0.25) is 0 Å². The van der Waals surface area contributed by atoms with Gasteiger partial charge in [-0.15, -0.1) is 0 Å². The molecule has 0 aromatic rings. The van der Waals surface area contributed by atoms with Crippen molar-refractivity contribution in [2.24, 2.45) is 56.2 Å². The Hall–Kier alpha value is -3.02. The Morgan fingerprint density at radius 3 is 1.91 bits per heavy atom. The highest BCUT2D eigenvalue weighted by Gasteiger charge is 2.74. The molecule has 5 aliphatic carbocycles. The number of aliphatic carboxylic acids is 1. The maximum Gasteiger partial charge on any atom is 0.335 e. The molecule has 0 amide bonds. The van der Waals surface area contributed by atoms with Gasteiger partial charge in [0, 0.05) is 18.8 Å². The van der Waals surface area contributed by atoms with Gasteiger partial charge in [0.05, 0.1) is 42.9 Å². The zero-order valence-electron chi connectivity index (χ0n) is 51.2. The zero-order chi connectivity index (χ0) is 64.9. The molecule has 4 saturated heterocycles. The summed E-state index contributed by atoms with van der Waals surface area (Å²) in [5.41, 5.74) is -4.76. The van der Waals surface area contributed by atoms with Crippen molar-refractivity contribution in [3.63, 3.8) is 0 Å². The lowest BCUT2D eigenvalue weighted by atomic mass is 9.33. The SMILES string of the molecule is CC(=O)OC[C@@]12C(CC(C)(C)[C@@H](OC(=O)CC(C)C)[C@@H]1O)C1=CCC3[C@@]4(C)CC[C@H](O[C@@H]5O[C@H](C(=O)O)[C@@H](O)[C@H](O[C@@H]6O[C@H](CO)[C@H](O)[C@H](O[C@@H]7OC[C@H](O)[C@H](O)[C@H]7O)[C@H]6O)[C@H]5O[C@@H]5O[C@H](CO)[C@H](O)[C@H](O)[C@H]5O)[C@@](C)(C=O)C4CC[C@@]3(C)[C@]1(C)C[C@H]2O. The molecule has 28 heteroatoms. The van der Waals surface area contributed by atoms with Gasteiger partial charge in [0.1, 0.15) is 111 Å². The molecular weight excluding hydrogens is 1170 g/mol. The van der Waals surface area contributed by atoms with Gasteiger partial charge in [-0.3, -0.25) is 9.59 Å². The second-order valence-corrected chi connectivity index (χ2v) is 28.5. The minimum atomic E-state index is -2.34. The Morgan fingerprint density at radius 2 is 1.30 bits per heavy atom. The molecule has 28 nitrogen and oxygen atoms in total. The highest BCUT2D eigenvalue weighted by atomic mass is 16.8. The summed E-state index contributed by atoms with van der Waals surface area (Å²) in [6.45, 7) is 14.2. The van der Waals surface area contributed by atoms with Crippen molar-refractivity contribution in [2.75, 3.05) is 26.4 Å². The van der Waals surface area contributed by atoms with E-state index in [-0.39, 0.29) is 37.7 Å². The van der Waals surface area contributed by atoms with Crippen LogP contribution in [0.5, 0.6) is 0 Å². The number of fused-ring (bicyclic) bond motifs is 7. The van der Waals surface area contributed by atoms with Crippen LogP contribution in [0.1, 0.15) is 114 Å². The number of ether oxygens (including phenoxy) is 10. The lowest BCUT2D eigenvalue weighted by Gasteiger charge is -2.72. The molecule has 4 aliphatic heterocycles. The van der Waals surface area contributed by atoms with E-state index in [0.29, 0.717) is 32.1 Å². The third-order valence-electron chi connectivity index (χ3n) is 22.4. The third kappa shape index (κ3) is 11.6. The molecule has 0 spiro atoms. The molecule has 4 saturated carbocycles. The summed E-state index contributed by atoms with van der Waals surface area (Å²) in [5, 5.41) is 156. The van der Waals surface area contributed by atoms with E-state index in [9.17, 15) is 90.7 Å². The van der Waals surface area contributed by atoms with Crippen molar-refractivity contribution in [1.82, 2.24) is 0 Å². The number of allylic oxidation sites excluding steroid dienone is 2. The molecule has 0 aromatic heterocycles. The van der Waals surface area contributed by atoms with E-state index in [1.165, 1.54) is 6.92 Å². The number of esters is 2. The predicted molar refractivity (Wildman–Crippen MR) is 295 cm³/mol. The van der Waals surface area contributed by atoms with Crippen LogP contribution in [0.15, 0.2) is 11.6 Å². The third-order valence-corrected chi connectivity index (χ3v) is 22.4. The largest absolute Gasteiger partial charge is 0.479 e. The van der Waals surface area contributed by atoms with E-state index in [2.05, 4.69) is 26.8 Å². The first-order valence-corrected chi connectivity index (χ1v) is 30.7. The molecular formula is C60H94O28. The van der Waals surface area contributed by atoms with Crippen LogP contribution in [-0.2, 0) is 66.5 Å². The Kier molecular flexibility index (Phi) is 20.3. The van der Waals surface area contributed by atoms with Crippen LogP contribution in [0.25, 0.3) is 0 Å². The number of hydrogen-bond donors (Lipinski definition) is 14. The highest BCUT2D eigenvalue weighted by Crippen LogP contribution is 2.76. The average molecular weight is 1260 g/mol. The van der Waals surface area contributed by atoms with Gasteiger partial charge in [0.2, 0.25) is 0 Å². The van der Waals surface area contributed by atoms with Gasteiger partial charge in [0.25, 0.3) is 0 Å². The van der Waals surface area contributed by atoms with Gasteiger partial charge in [-0.1, -0.05) is 67.0 Å². The van der Waals surface area contributed by atoms with E-state index < -0.39 is 223 Å². The molecule has 0 bridgehead atoms. The molecule has 0 aromatic carbocycles. The summed E-state index contributed by atoms with van der Waals surface area (Å²) in [4.78, 5) is 53.3. The number of carbonyl (C=O) groups excluding carboxylic acids is 3. The highest BCUT2D eigenvalue weighted by molar-refractivity contribution is 5.73. The Balaban J connectivity index is 1.04. The van der Waals surface area contributed by atoms with Crippen LogP contribution < -0.4 is 0 Å². The van der Waals surface area contributed by atoms with Crippen LogP contribution in [0.4, 0.5) is 0 Å². The number of aliphatic hydroxyl groups excluding tert-OH is 13. The average Bonchev–Trinajstić information content (AvgIpc) is 0.674. The van der Waals surface area contributed by atoms with E-state index in [0.717, 1.165) is 11.9 Å². The fourth-order valence-corrected chi connectivity index (χ4v) is 17.4. The van der Waals surface area contributed by atoms with E-state index in [1.54, 1.807) is 6.92 Å². The zero-order valence-corrected chi connectivity index (χ0v) is 51.2. The smallest absolute Gasteiger partial charge is 0.335 e. The van der Waals surface area contributed by atoms with Gasteiger partial charge >= 0.3 is 17.9 Å². The molecule has 0 radical (unpaired) electrons. The maximum atomic E-state index is 14.2.